The van der Waals surface area contributed by atoms with Gasteiger partial charge in [-0.3, -0.25) is 0 Å². The monoisotopic (exact) mass is 235 g/mol. The van der Waals surface area contributed by atoms with Crippen LogP contribution < -0.4 is 5.32 Å². The Kier molecular flexibility index (Phi) is 4.30. The van der Waals surface area contributed by atoms with Crippen LogP contribution in [0.25, 0.3) is 0 Å². The molecule has 1 aliphatic rings. The summed E-state index contributed by atoms with van der Waals surface area (Å²) >= 11 is 1.94. The van der Waals surface area contributed by atoms with Crippen LogP contribution in [0.2, 0.25) is 0 Å². The maximum Gasteiger partial charge on any atom is 0.0151 e. The van der Waals surface area contributed by atoms with Crippen molar-refractivity contribution in [1.82, 2.24) is 5.32 Å². The van der Waals surface area contributed by atoms with E-state index < -0.39 is 0 Å². The third kappa shape index (κ3) is 3.02. The number of rotatable bonds is 5. The molecule has 0 saturated heterocycles. The second kappa shape index (κ2) is 5.74. The van der Waals surface area contributed by atoms with E-state index in [2.05, 4.69) is 42.8 Å². The molecule has 1 aliphatic carbocycles. The summed E-state index contributed by atoms with van der Waals surface area (Å²) in [7, 11) is 0. The maximum absolute atomic E-state index is 3.75. The van der Waals surface area contributed by atoms with Crippen molar-refractivity contribution in [3.8, 4) is 0 Å². The van der Waals surface area contributed by atoms with Gasteiger partial charge in [-0.15, -0.1) is 0 Å². The fourth-order valence-corrected chi connectivity index (χ4v) is 3.05. The average Bonchev–Trinajstić information content (AvgIpc) is 2.68. The first-order valence-electron chi connectivity index (χ1n) is 6.11. The van der Waals surface area contributed by atoms with E-state index in [1.807, 2.05) is 11.8 Å². The minimum Gasteiger partial charge on any atom is -0.311 e. The van der Waals surface area contributed by atoms with Crippen molar-refractivity contribution in [2.24, 2.45) is 0 Å². The summed E-state index contributed by atoms with van der Waals surface area (Å²) in [6.07, 6.45) is 5.87. The van der Waals surface area contributed by atoms with E-state index in [0.717, 1.165) is 0 Å². The third-order valence-electron chi connectivity index (χ3n) is 3.33. The van der Waals surface area contributed by atoms with Crippen molar-refractivity contribution in [2.45, 2.75) is 38.3 Å². The Balaban J connectivity index is 1.82. The Labute approximate surface area is 103 Å². The van der Waals surface area contributed by atoms with Crippen molar-refractivity contribution < 1.29 is 0 Å². The summed E-state index contributed by atoms with van der Waals surface area (Å²) < 4.78 is 0. The highest BCUT2D eigenvalue weighted by Crippen LogP contribution is 2.22. The standard InChI is InChI=1S/C14H21NS/c1-11(7-8-16-2)15-14-9-12-5-3-4-6-13(12)10-14/h3-6,11,14-15H,7-10H2,1-2H3. The lowest BCUT2D eigenvalue weighted by molar-refractivity contribution is 0.449. The van der Waals surface area contributed by atoms with E-state index in [1.165, 1.54) is 36.1 Å². The maximum atomic E-state index is 3.75. The number of benzene rings is 1. The van der Waals surface area contributed by atoms with Gasteiger partial charge in [0.15, 0.2) is 0 Å². The topological polar surface area (TPSA) is 12.0 Å². The minimum absolute atomic E-state index is 0.645. The van der Waals surface area contributed by atoms with Gasteiger partial charge in [0.1, 0.15) is 0 Å². The molecule has 1 nitrogen and oxygen atoms in total. The quantitative estimate of drug-likeness (QED) is 0.842. The largest absolute Gasteiger partial charge is 0.311 e. The van der Waals surface area contributed by atoms with Crippen molar-refractivity contribution in [3.63, 3.8) is 0 Å². The Hall–Kier alpha value is -0.470. The van der Waals surface area contributed by atoms with E-state index >= 15 is 0 Å². The van der Waals surface area contributed by atoms with Crippen LogP contribution in [-0.4, -0.2) is 24.1 Å². The number of nitrogens with one attached hydrogen (secondary N) is 1. The van der Waals surface area contributed by atoms with E-state index in [-0.39, 0.29) is 0 Å². The lowest BCUT2D eigenvalue weighted by atomic mass is 10.1. The fourth-order valence-electron chi connectivity index (χ4n) is 2.46. The van der Waals surface area contributed by atoms with Gasteiger partial charge in [-0.05, 0) is 49.3 Å². The molecule has 1 aromatic carbocycles. The van der Waals surface area contributed by atoms with Crippen LogP contribution in [0.3, 0.4) is 0 Å². The summed E-state index contributed by atoms with van der Waals surface area (Å²) in [4.78, 5) is 0. The minimum atomic E-state index is 0.645. The first-order chi connectivity index (χ1) is 7.79. The molecule has 0 bridgehead atoms. The molecule has 0 aliphatic heterocycles. The Bertz CT molecular complexity index is 312. The molecule has 1 atom stereocenters. The van der Waals surface area contributed by atoms with Gasteiger partial charge >= 0.3 is 0 Å². The Morgan fingerprint density at radius 1 is 1.31 bits per heavy atom. The number of hydrogen-bond acceptors (Lipinski definition) is 2. The first kappa shape index (κ1) is 12.0. The zero-order chi connectivity index (χ0) is 11.4. The van der Waals surface area contributed by atoms with Gasteiger partial charge in [-0.2, -0.15) is 11.8 Å². The third-order valence-corrected chi connectivity index (χ3v) is 3.97. The number of thioether (sulfide) groups is 1. The van der Waals surface area contributed by atoms with Crippen LogP contribution in [0.15, 0.2) is 24.3 Å². The van der Waals surface area contributed by atoms with Crippen LogP contribution in [0, 0.1) is 0 Å². The molecule has 1 unspecified atom stereocenters. The van der Waals surface area contributed by atoms with Crippen LogP contribution in [-0.2, 0) is 12.8 Å². The van der Waals surface area contributed by atoms with Crippen molar-refractivity contribution in [1.29, 1.82) is 0 Å². The zero-order valence-electron chi connectivity index (χ0n) is 10.2. The second-order valence-corrected chi connectivity index (χ2v) is 5.71. The van der Waals surface area contributed by atoms with Crippen molar-refractivity contribution in [2.75, 3.05) is 12.0 Å². The second-order valence-electron chi connectivity index (χ2n) is 4.72. The van der Waals surface area contributed by atoms with Gasteiger partial charge in [0.05, 0.1) is 0 Å². The lowest BCUT2D eigenvalue weighted by Crippen LogP contribution is -2.37. The summed E-state index contributed by atoms with van der Waals surface area (Å²) in [6.45, 7) is 2.30. The van der Waals surface area contributed by atoms with Gasteiger partial charge in [0.25, 0.3) is 0 Å². The smallest absolute Gasteiger partial charge is 0.0151 e. The zero-order valence-corrected chi connectivity index (χ0v) is 11.0. The predicted octanol–water partition coefficient (Wildman–Crippen LogP) is 2.89. The van der Waals surface area contributed by atoms with Crippen molar-refractivity contribution in [3.05, 3.63) is 35.4 Å². The molecule has 0 radical (unpaired) electrons. The van der Waals surface area contributed by atoms with Gasteiger partial charge in [0.2, 0.25) is 0 Å². The number of fused-ring (bicyclic) bond motifs is 1. The Morgan fingerprint density at radius 3 is 2.50 bits per heavy atom. The normalized spacial score (nSPS) is 17.4. The highest BCUT2D eigenvalue weighted by atomic mass is 32.2. The molecule has 0 fully saturated rings. The van der Waals surface area contributed by atoms with E-state index in [4.69, 9.17) is 0 Å². The molecule has 2 heteroatoms. The summed E-state index contributed by atoms with van der Waals surface area (Å²) in [5.74, 6) is 1.26. The summed E-state index contributed by atoms with van der Waals surface area (Å²) in [6, 6.07) is 10.1. The molecule has 0 saturated carbocycles. The van der Waals surface area contributed by atoms with E-state index in [1.54, 1.807) is 0 Å². The van der Waals surface area contributed by atoms with Gasteiger partial charge < -0.3 is 5.32 Å². The molecule has 0 spiro atoms. The summed E-state index contributed by atoms with van der Waals surface area (Å²) in [5, 5.41) is 3.75. The van der Waals surface area contributed by atoms with Gasteiger partial charge in [-0.1, -0.05) is 24.3 Å². The highest BCUT2D eigenvalue weighted by Gasteiger charge is 2.21. The molecule has 0 amide bonds. The summed E-state index contributed by atoms with van der Waals surface area (Å²) in [5.41, 5.74) is 3.08. The van der Waals surface area contributed by atoms with Crippen LogP contribution >= 0.6 is 11.8 Å². The fraction of sp³-hybridized carbons (Fsp3) is 0.571. The molecule has 88 valence electrons. The molecular weight excluding hydrogens is 214 g/mol. The van der Waals surface area contributed by atoms with Gasteiger partial charge in [0, 0.05) is 12.1 Å². The predicted molar refractivity (Wildman–Crippen MR) is 73.2 cm³/mol. The van der Waals surface area contributed by atoms with E-state index in [9.17, 15) is 0 Å². The molecule has 0 aromatic heterocycles. The average molecular weight is 235 g/mol. The molecule has 0 heterocycles. The lowest BCUT2D eigenvalue weighted by Gasteiger charge is -2.18. The van der Waals surface area contributed by atoms with E-state index in [0.29, 0.717) is 12.1 Å². The van der Waals surface area contributed by atoms with Crippen LogP contribution in [0.5, 0.6) is 0 Å². The number of hydrogen-bond donors (Lipinski definition) is 1. The molecule has 1 aromatic rings. The molecular formula is C14H21NS. The highest BCUT2D eigenvalue weighted by molar-refractivity contribution is 7.98. The first-order valence-corrected chi connectivity index (χ1v) is 7.50. The van der Waals surface area contributed by atoms with Gasteiger partial charge in [-0.25, -0.2) is 0 Å². The van der Waals surface area contributed by atoms with Crippen LogP contribution in [0.1, 0.15) is 24.5 Å². The molecule has 1 N–H and O–H groups in total. The van der Waals surface area contributed by atoms with Crippen molar-refractivity contribution >= 4 is 11.8 Å². The van der Waals surface area contributed by atoms with Crippen LogP contribution in [0.4, 0.5) is 0 Å². The molecule has 2 rings (SSSR count). The SMILES string of the molecule is CSCCC(C)NC1Cc2ccccc2C1. The molecule has 16 heavy (non-hydrogen) atoms. The Morgan fingerprint density at radius 2 is 1.94 bits per heavy atom.